The lowest BCUT2D eigenvalue weighted by Crippen LogP contribution is -2.42. The van der Waals surface area contributed by atoms with Gasteiger partial charge in [0, 0.05) is 44.7 Å². The molecule has 0 unspecified atom stereocenters. The molecule has 4 heterocycles. The summed E-state index contributed by atoms with van der Waals surface area (Å²) < 4.78 is 5.57. The number of nitrogens with zero attached hydrogens (tertiary/aromatic N) is 5. The van der Waals surface area contributed by atoms with Crippen LogP contribution >= 0.6 is 11.6 Å². The third-order valence-corrected chi connectivity index (χ3v) is 6.70. The van der Waals surface area contributed by atoms with E-state index in [0.717, 1.165) is 55.6 Å². The molecular weight excluding hydrogens is 414 g/mol. The van der Waals surface area contributed by atoms with Crippen LogP contribution in [0.15, 0.2) is 24.3 Å². The molecule has 0 bridgehead atoms. The van der Waals surface area contributed by atoms with Crippen LogP contribution in [-0.2, 0) is 17.7 Å². The Balaban J connectivity index is 1.48. The fourth-order valence-electron chi connectivity index (χ4n) is 4.63. The Morgan fingerprint density at radius 1 is 0.935 bits per heavy atom. The highest BCUT2D eigenvalue weighted by molar-refractivity contribution is 6.33. The summed E-state index contributed by atoms with van der Waals surface area (Å²) in [7, 11) is 0. The van der Waals surface area contributed by atoms with E-state index in [1.807, 2.05) is 17.0 Å². The van der Waals surface area contributed by atoms with Crippen molar-refractivity contribution in [1.29, 1.82) is 0 Å². The lowest BCUT2D eigenvalue weighted by molar-refractivity contribution is 0.0733. The maximum atomic E-state index is 13.2. The summed E-state index contributed by atoms with van der Waals surface area (Å²) in [6.45, 7) is 6.17. The molecule has 3 aliphatic heterocycles. The van der Waals surface area contributed by atoms with Crippen molar-refractivity contribution in [3.05, 3.63) is 46.1 Å². The number of carbonyl (C=O) groups is 1. The molecule has 1 amide bonds. The number of hydrogen-bond acceptors (Lipinski definition) is 6. The molecule has 2 saturated heterocycles. The molecule has 1 aromatic heterocycles. The summed E-state index contributed by atoms with van der Waals surface area (Å²) in [6.07, 6.45) is 4.38. The number of anilines is 2. The first-order valence-electron chi connectivity index (χ1n) is 11.2. The Hall–Kier alpha value is -2.38. The van der Waals surface area contributed by atoms with Gasteiger partial charge in [-0.15, -0.1) is 0 Å². The van der Waals surface area contributed by atoms with Crippen LogP contribution in [0.2, 0.25) is 5.02 Å². The van der Waals surface area contributed by atoms with Gasteiger partial charge in [0.25, 0.3) is 5.91 Å². The summed E-state index contributed by atoms with van der Waals surface area (Å²) in [5.41, 5.74) is 2.68. The van der Waals surface area contributed by atoms with Crippen molar-refractivity contribution in [3.63, 3.8) is 0 Å². The molecule has 0 saturated carbocycles. The highest BCUT2D eigenvalue weighted by atomic mass is 35.5. The molecule has 0 atom stereocenters. The number of morpholine rings is 1. The summed E-state index contributed by atoms with van der Waals surface area (Å²) >= 11 is 6.30. The fraction of sp³-hybridized carbons (Fsp3) is 0.522. The Kier molecular flexibility index (Phi) is 5.96. The molecule has 1 aromatic carbocycles. The second kappa shape index (κ2) is 9.01. The number of aromatic nitrogens is 2. The molecule has 0 spiro atoms. The number of rotatable bonds is 3. The normalized spacial score (nSPS) is 19.3. The monoisotopic (exact) mass is 441 g/mol. The summed E-state index contributed by atoms with van der Waals surface area (Å²) in [5.74, 6) is 1.76. The number of amides is 1. The second-order valence-electron chi connectivity index (χ2n) is 8.38. The number of carbonyl (C=O) groups excluding carboxylic acids is 1. The zero-order valence-corrected chi connectivity index (χ0v) is 18.5. The summed E-state index contributed by atoms with van der Waals surface area (Å²) in [5, 5.41) is 0.489. The molecule has 31 heavy (non-hydrogen) atoms. The van der Waals surface area contributed by atoms with Gasteiger partial charge >= 0.3 is 0 Å². The molecule has 0 radical (unpaired) electrons. The Labute approximate surface area is 188 Å². The van der Waals surface area contributed by atoms with Crippen LogP contribution in [-0.4, -0.2) is 66.7 Å². The van der Waals surface area contributed by atoms with Crippen molar-refractivity contribution < 1.29 is 9.53 Å². The van der Waals surface area contributed by atoms with Crippen LogP contribution in [0.25, 0.3) is 0 Å². The van der Waals surface area contributed by atoms with E-state index in [2.05, 4.69) is 9.80 Å². The smallest absolute Gasteiger partial charge is 0.255 e. The molecule has 8 heteroatoms. The van der Waals surface area contributed by atoms with Gasteiger partial charge in [0.2, 0.25) is 5.95 Å². The van der Waals surface area contributed by atoms with Crippen molar-refractivity contribution in [3.8, 4) is 0 Å². The number of piperidine rings is 1. The molecule has 0 N–H and O–H groups in total. The first kappa shape index (κ1) is 20.5. The molecular formula is C23H28ClN5O2. The van der Waals surface area contributed by atoms with Crippen LogP contribution in [0.1, 0.15) is 40.9 Å². The summed E-state index contributed by atoms with van der Waals surface area (Å²) in [6, 6.07) is 7.25. The Morgan fingerprint density at radius 3 is 2.48 bits per heavy atom. The first-order valence-corrected chi connectivity index (χ1v) is 11.6. The number of benzene rings is 1. The topological polar surface area (TPSA) is 61.8 Å². The van der Waals surface area contributed by atoms with E-state index in [0.29, 0.717) is 36.9 Å². The van der Waals surface area contributed by atoms with Crippen molar-refractivity contribution in [2.75, 3.05) is 55.7 Å². The Morgan fingerprint density at radius 2 is 1.71 bits per heavy atom. The van der Waals surface area contributed by atoms with Gasteiger partial charge in [-0.2, -0.15) is 4.98 Å². The number of halogens is 1. The Bertz CT molecular complexity index is 957. The van der Waals surface area contributed by atoms with Gasteiger partial charge in [-0.25, -0.2) is 4.98 Å². The van der Waals surface area contributed by atoms with E-state index in [1.165, 1.54) is 19.3 Å². The van der Waals surface area contributed by atoms with E-state index in [9.17, 15) is 4.79 Å². The highest BCUT2D eigenvalue weighted by Gasteiger charge is 2.30. The lowest BCUT2D eigenvalue weighted by Gasteiger charge is -2.36. The van der Waals surface area contributed by atoms with E-state index in [4.69, 9.17) is 26.3 Å². The molecule has 2 aromatic rings. The predicted molar refractivity (Wildman–Crippen MR) is 121 cm³/mol. The number of ether oxygens (including phenoxy) is 1. The quantitative estimate of drug-likeness (QED) is 0.729. The third kappa shape index (κ3) is 4.21. The molecule has 2 fully saturated rings. The fourth-order valence-corrected chi connectivity index (χ4v) is 4.85. The predicted octanol–water partition coefficient (Wildman–Crippen LogP) is 3.16. The van der Waals surface area contributed by atoms with Gasteiger partial charge in [0.1, 0.15) is 5.82 Å². The largest absolute Gasteiger partial charge is 0.378 e. The first-order chi connectivity index (χ1) is 15.2. The maximum absolute atomic E-state index is 13.2. The average molecular weight is 442 g/mol. The second-order valence-corrected chi connectivity index (χ2v) is 8.78. The minimum atomic E-state index is -0.0377. The standard InChI is InChI=1S/C23H28ClN5O2/c24-19-7-3-2-6-17(19)22(30)29-11-8-20-18(16-29)21(27-12-14-31-15-13-27)26-23(25-20)28-9-4-1-5-10-28/h2-3,6-7H,1,4-5,8-16H2. The van der Waals surface area contributed by atoms with Crippen LogP contribution in [0.5, 0.6) is 0 Å². The highest BCUT2D eigenvalue weighted by Crippen LogP contribution is 2.31. The molecule has 5 rings (SSSR count). The number of hydrogen-bond donors (Lipinski definition) is 0. The van der Waals surface area contributed by atoms with Gasteiger partial charge < -0.3 is 19.4 Å². The molecule has 7 nitrogen and oxygen atoms in total. The van der Waals surface area contributed by atoms with E-state index in [-0.39, 0.29) is 5.91 Å². The van der Waals surface area contributed by atoms with Crippen LogP contribution in [0.4, 0.5) is 11.8 Å². The van der Waals surface area contributed by atoms with E-state index >= 15 is 0 Å². The number of fused-ring (bicyclic) bond motifs is 1. The van der Waals surface area contributed by atoms with Crippen LogP contribution in [0.3, 0.4) is 0 Å². The summed E-state index contributed by atoms with van der Waals surface area (Å²) in [4.78, 5) is 29.7. The minimum Gasteiger partial charge on any atom is -0.378 e. The van der Waals surface area contributed by atoms with Gasteiger partial charge in [-0.3, -0.25) is 4.79 Å². The molecule has 3 aliphatic rings. The van der Waals surface area contributed by atoms with E-state index < -0.39 is 0 Å². The van der Waals surface area contributed by atoms with Crippen molar-refractivity contribution in [2.24, 2.45) is 0 Å². The van der Waals surface area contributed by atoms with Gasteiger partial charge in [0.15, 0.2) is 0 Å². The maximum Gasteiger partial charge on any atom is 0.255 e. The zero-order chi connectivity index (χ0) is 21.2. The average Bonchev–Trinajstić information content (AvgIpc) is 2.84. The van der Waals surface area contributed by atoms with Gasteiger partial charge in [-0.1, -0.05) is 23.7 Å². The van der Waals surface area contributed by atoms with E-state index in [1.54, 1.807) is 12.1 Å². The SMILES string of the molecule is O=C(c1ccccc1Cl)N1CCc2nc(N3CCCCC3)nc(N3CCOCC3)c2C1. The molecule has 164 valence electrons. The molecule has 0 aliphatic carbocycles. The minimum absolute atomic E-state index is 0.0377. The lowest BCUT2D eigenvalue weighted by atomic mass is 10.0. The van der Waals surface area contributed by atoms with Crippen LogP contribution in [0, 0.1) is 0 Å². The van der Waals surface area contributed by atoms with Gasteiger partial charge in [0.05, 0.1) is 36.0 Å². The van der Waals surface area contributed by atoms with Crippen molar-refractivity contribution >= 4 is 29.3 Å². The van der Waals surface area contributed by atoms with Gasteiger partial charge in [-0.05, 0) is 31.4 Å². The zero-order valence-electron chi connectivity index (χ0n) is 17.7. The third-order valence-electron chi connectivity index (χ3n) is 6.37. The van der Waals surface area contributed by atoms with Crippen molar-refractivity contribution in [2.45, 2.75) is 32.2 Å². The van der Waals surface area contributed by atoms with Crippen molar-refractivity contribution in [1.82, 2.24) is 14.9 Å². The van der Waals surface area contributed by atoms with Crippen LogP contribution < -0.4 is 9.80 Å².